The summed E-state index contributed by atoms with van der Waals surface area (Å²) in [5, 5.41) is 8.97. The number of nitrogens with one attached hydrogen (secondary N) is 1. The topological polar surface area (TPSA) is 83.5 Å². The highest BCUT2D eigenvalue weighted by Gasteiger charge is 2.28. The van der Waals surface area contributed by atoms with Crippen LogP contribution in [0.3, 0.4) is 0 Å². The Kier molecular flexibility index (Phi) is 5.00. The molecule has 1 aromatic rings. The molecule has 0 atom stereocenters. The van der Waals surface area contributed by atoms with E-state index in [0.29, 0.717) is 5.56 Å². The van der Waals surface area contributed by atoms with E-state index < -0.39 is 35.1 Å². The molecular weight excluding hydrogens is 311 g/mol. The summed E-state index contributed by atoms with van der Waals surface area (Å²) in [4.78, 5) is 10.7. The number of benzene rings is 1. The van der Waals surface area contributed by atoms with Crippen molar-refractivity contribution in [3.63, 3.8) is 0 Å². The van der Waals surface area contributed by atoms with Crippen molar-refractivity contribution in [1.29, 1.82) is 0 Å². The third-order valence-corrected chi connectivity index (χ3v) is 4.35. The van der Waals surface area contributed by atoms with E-state index in [1.807, 2.05) is 4.72 Å². The Balaban J connectivity index is 3.08. The van der Waals surface area contributed by atoms with Crippen molar-refractivity contribution >= 4 is 16.0 Å². The Labute approximate surface area is 119 Å². The molecule has 5 nitrogen and oxygen atoms in total. The molecule has 0 heterocycles. The lowest BCUT2D eigenvalue weighted by Crippen LogP contribution is -2.28. The van der Waals surface area contributed by atoms with E-state index >= 15 is 0 Å². The van der Waals surface area contributed by atoms with E-state index in [9.17, 15) is 26.4 Å². The van der Waals surface area contributed by atoms with Crippen molar-refractivity contribution in [2.24, 2.45) is 0 Å². The van der Waals surface area contributed by atoms with Gasteiger partial charge < -0.3 is 5.11 Å². The van der Waals surface area contributed by atoms with Gasteiger partial charge >= 0.3 is 12.1 Å². The van der Waals surface area contributed by atoms with Crippen molar-refractivity contribution in [2.75, 3.05) is 6.54 Å². The average molecular weight is 325 g/mol. The molecular formula is C12H14F3NO4S. The Hall–Kier alpha value is -1.61. The third kappa shape index (κ3) is 4.71. The molecule has 1 aromatic carbocycles. The van der Waals surface area contributed by atoms with Gasteiger partial charge in [-0.15, -0.1) is 0 Å². The zero-order chi connectivity index (χ0) is 16.4. The van der Waals surface area contributed by atoms with Crippen molar-refractivity contribution in [1.82, 2.24) is 4.72 Å². The van der Waals surface area contributed by atoms with Crippen molar-refractivity contribution in [3.8, 4) is 0 Å². The van der Waals surface area contributed by atoms with E-state index in [0.717, 1.165) is 6.07 Å². The fourth-order valence-electron chi connectivity index (χ4n) is 1.76. The minimum absolute atomic E-state index is 0.211. The van der Waals surface area contributed by atoms with Crippen molar-refractivity contribution < 1.29 is 31.5 Å². The monoisotopic (exact) mass is 325 g/mol. The highest BCUT2D eigenvalue weighted by Crippen LogP contribution is 2.22. The van der Waals surface area contributed by atoms with E-state index in [1.165, 1.54) is 19.9 Å². The molecule has 2 N–H and O–H groups in total. The van der Waals surface area contributed by atoms with Crippen LogP contribution in [0.2, 0.25) is 0 Å². The first-order valence-electron chi connectivity index (χ1n) is 5.85. The molecule has 0 spiro atoms. The summed E-state index contributed by atoms with van der Waals surface area (Å²) in [6.45, 7) is 2.14. The standard InChI is InChI=1S/C12H14F3NO4S/c1-7-5-8(2)10(6-9(7)11(17)18)21(19,20)16-4-3-12(13,14)15/h5-6,16H,3-4H2,1-2H3,(H,17,18). The lowest BCUT2D eigenvalue weighted by Gasteiger charge is -2.12. The van der Waals surface area contributed by atoms with Crippen LogP contribution in [-0.2, 0) is 10.0 Å². The van der Waals surface area contributed by atoms with Gasteiger partial charge in [-0.05, 0) is 31.0 Å². The van der Waals surface area contributed by atoms with Gasteiger partial charge in [-0.25, -0.2) is 17.9 Å². The second kappa shape index (κ2) is 6.02. The number of hydrogen-bond donors (Lipinski definition) is 2. The van der Waals surface area contributed by atoms with Crippen molar-refractivity contribution in [2.45, 2.75) is 31.3 Å². The van der Waals surface area contributed by atoms with Crippen LogP contribution in [0, 0.1) is 13.8 Å². The molecule has 0 unspecified atom stereocenters. The van der Waals surface area contributed by atoms with Crippen LogP contribution in [0.5, 0.6) is 0 Å². The lowest BCUT2D eigenvalue weighted by molar-refractivity contribution is -0.132. The van der Waals surface area contributed by atoms with Crippen LogP contribution >= 0.6 is 0 Å². The number of rotatable bonds is 5. The molecule has 0 aromatic heterocycles. The summed E-state index contributed by atoms with van der Waals surface area (Å²) in [5.41, 5.74) is 0.419. The van der Waals surface area contributed by atoms with E-state index in [1.54, 1.807) is 0 Å². The summed E-state index contributed by atoms with van der Waals surface area (Å²) >= 11 is 0. The largest absolute Gasteiger partial charge is 0.478 e. The maximum absolute atomic E-state index is 12.0. The first-order chi connectivity index (χ1) is 9.44. The zero-order valence-corrected chi connectivity index (χ0v) is 12.1. The quantitative estimate of drug-likeness (QED) is 0.869. The number of aromatic carboxylic acids is 1. The summed E-state index contributed by atoms with van der Waals surface area (Å²) in [5.74, 6) is -1.31. The molecule has 1 rings (SSSR count). The van der Waals surface area contributed by atoms with Crippen LogP contribution in [0.4, 0.5) is 13.2 Å². The fourth-order valence-corrected chi connectivity index (χ4v) is 3.04. The van der Waals surface area contributed by atoms with Gasteiger partial charge in [0, 0.05) is 6.54 Å². The van der Waals surface area contributed by atoms with Gasteiger partial charge in [0.05, 0.1) is 16.9 Å². The smallest absolute Gasteiger partial charge is 0.390 e. The highest BCUT2D eigenvalue weighted by molar-refractivity contribution is 7.89. The number of carbonyl (C=O) groups is 1. The molecule has 0 amide bonds. The van der Waals surface area contributed by atoms with Crippen LogP contribution in [0.25, 0.3) is 0 Å². The SMILES string of the molecule is Cc1cc(C)c(S(=O)(=O)NCCC(F)(F)F)cc1C(=O)O. The Bertz CT molecular complexity index is 653. The second-order valence-electron chi connectivity index (χ2n) is 4.50. The number of carboxylic acids is 1. The fraction of sp³-hybridized carbons (Fsp3) is 0.417. The first kappa shape index (κ1) is 17.4. The highest BCUT2D eigenvalue weighted by atomic mass is 32.2. The van der Waals surface area contributed by atoms with Gasteiger partial charge in [-0.3, -0.25) is 0 Å². The molecule has 9 heteroatoms. The Morgan fingerprint density at radius 3 is 2.29 bits per heavy atom. The zero-order valence-electron chi connectivity index (χ0n) is 11.3. The van der Waals surface area contributed by atoms with E-state index in [2.05, 4.69) is 0 Å². The normalized spacial score (nSPS) is 12.4. The summed E-state index contributed by atoms with van der Waals surface area (Å²) < 4.78 is 61.8. The van der Waals surface area contributed by atoms with Crippen LogP contribution in [-0.4, -0.2) is 32.2 Å². The molecule has 21 heavy (non-hydrogen) atoms. The number of halogens is 3. The summed E-state index contributed by atoms with van der Waals surface area (Å²) in [6.07, 6.45) is -5.78. The molecule has 0 bridgehead atoms. The summed E-state index contributed by atoms with van der Waals surface area (Å²) in [7, 11) is -4.20. The predicted octanol–water partition coefficient (Wildman–Crippen LogP) is 2.23. The molecule has 0 radical (unpaired) electrons. The maximum atomic E-state index is 12.0. The molecule has 0 saturated carbocycles. The van der Waals surface area contributed by atoms with Crippen LogP contribution in [0.1, 0.15) is 27.9 Å². The van der Waals surface area contributed by atoms with E-state index in [-0.39, 0.29) is 16.0 Å². The molecule has 0 aliphatic heterocycles. The molecule has 0 aliphatic rings. The van der Waals surface area contributed by atoms with Gasteiger partial charge in [-0.2, -0.15) is 13.2 Å². The number of carboxylic acid groups (broad SMARTS) is 1. The van der Waals surface area contributed by atoms with E-state index in [4.69, 9.17) is 5.11 Å². The molecule has 118 valence electrons. The number of alkyl halides is 3. The average Bonchev–Trinajstić information content (AvgIpc) is 2.25. The van der Waals surface area contributed by atoms with Crippen molar-refractivity contribution in [3.05, 3.63) is 28.8 Å². The number of aryl methyl sites for hydroxylation is 2. The van der Waals surface area contributed by atoms with Gasteiger partial charge in [-0.1, -0.05) is 6.07 Å². The van der Waals surface area contributed by atoms with Gasteiger partial charge in [0.1, 0.15) is 0 Å². The first-order valence-corrected chi connectivity index (χ1v) is 7.33. The van der Waals surface area contributed by atoms with Crippen LogP contribution < -0.4 is 4.72 Å². The van der Waals surface area contributed by atoms with Gasteiger partial charge in [0.2, 0.25) is 10.0 Å². The molecule has 0 aliphatic carbocycles. The third-order valence-electron chi connectivity index (χ3n) is 2.74. The molecule has 0 fully saturated rings. The maximum Gasteiger partial charge on any atom is 0.390 e. The van der Waals surface area contributed by atoms with Gasteiger partial charge in [0.15, 0.2) is 0 Å². The molecule has 0 saturated heterocycles. The number of sulfonamides is 1. The lowest BCUT2D eigenvalue weighted by atomic mass is 10.1. The second-order valence-corrected chi connectivity index (χ2v) is 6.24. The Morgan fingerprint density at radius 1 is 1.24 bits per heavy atom. The van der Waals surface area contributed by atoms with Gasteiger partial charge in [0.25, 0.3) is 0 Å². The number of hydrogen-bond acceptors (Lipinski definition) is 3. The Morgan fingerprint density at radius 2 is 1.81 bits per heavy atom. The predicted molar refractivity (Wildman–Crippen MR) is 68.7 cm³/mol. The summed E-state index contributed by atoms with van der Waals surface area (Å²) in [6, 6.07) is 2.31. The minimum atomic E-state index is -4.48. The minimum Gasteiger partial charge on any atom is -0.478 e. The van der Waals surface area contributed by atoms with Crippen LogP contribution in [0.15, 0.2) is 17.0 Å².